The molecule has 1 saturated heterocycles. The first-order valence-corrected chi connectivity index (χ1v) is 6.63. The normalized spacial score (nSPS) is 33.0. The minimum absolute atomic E-state index is 1.04. The molecule has 1 aliphatic heterocycles. The lowest BCUT2D eigenvalue weighted by molar-refractivity contribution is 0.0823. The van der Waals surface area contributed by atoms with Crippen molar-refractivity contribution in [3.63, 3.8) is 0 Å². The van der Waals surface area contributed by atoms with Crippen LogP contribution < -0.4 is 0 Å². The van der Waals surface area contributed by atoms with Gasteiger partial charge in [-0.15, -0.1) is 0 Å². The van der Waals surface area contributed by atoms with Crippen molar-refractivity contribution in [2.75, 3.05) is 40.3 Å². The topological polar surface area (TPSA) is 6.48 Å². The number of likely N-dealkylation sites (tertiary alicyclic amines) is 1. The molecule has 15 heavy (non-hydrogen) atoms. The van der Waals surface area contributed by atoms with E-state index in [4.69, 9.17) is 0 Å². The summed E-state index contributed by atoms with van der Waals surface area (Å²) in [5.41, 5.74) is 0. The van der Waals surface area contributed by atoms with E-state index in [9.17, 15) is 0 Å². The molecule has 2 heteroatoms. The van der Waals surface area contributed by atoms with Gasteiger partial charge in [-0.3, -0.25) is 0 Å². The Kier molecular flexibility index (Phi) is 4.04. The van der Waals surface area contributed by atoms with Gasteiger partial charge < -0.3 is 9.80 Å². The molecule has 0 aromatic carbocycles. The molecule has 0 spiro atoms. The Morgan fingerprint density at radius 3 is 2.53 bits per heavy atom. The van der Waals surface area contributed by atoms with E-state index in [1.807, 2.05) is 0 Å². The zero-order valence-corrected chi connectivity index (χ0v) is 10.4. The Morgan fingerprint density at radius 1 is 1.07 bits per heavy atom. The van der Waals surface area contributed by atoms with E-state index in [2.05, 4.69) is 23.9 Å². The van der Waals surface area contributed by atoms with Crippen molar-refractivity contribution in [1.82, 2.24) is 9.80 Å². The second-order valence-electron chi connectivity index (χ2n) is 5.70. The number of hydrogen-bond acceptors (Lipinski definition) is 2. The highest BCUT2D eigenvalue weighted by Gasteiger charge is 2.30. The molecule has 1 heterocycles. The molecule has 88 valence electrons. The first-order chi connectivity index (χ1) is 7.25. The fourth-order valence-corrected chi connectivity index (χ4v) is 3.22. The number of fused-ring (bicyclic) bond motifs is 1. The Morgan fingerprint density at radius 2 is 1.80 bits per heavy atom. The van der Waals surface area contributed by atoms with Crippen LogP contribution in [0.1, 0.15) is 32.1 Å². The number of rotatable bonds is 3. The summed E-state index contributed by atoms with van der Waals surface area (Å²) in [5, 5.41) is 0. The molecule has 1 aliphatic carbocycles. The Balaban J connectivity index is 1.75. The number of hydrogen-bond donors (Lipinski definition) is 0. The summed E-state index contributed by atoms with van der Waals surface area (Å²) in [6, 6.07) is 0. The van der Waals surface area contributed by atoms with E-state index in [1.165, 1.54) is 58.3 Å². The molecule has 0 radical (unpaired) electrons. The fourth-order valence-electron chi connectivity index (χ4n) is 3.22. The first-order valence-electron chi connectivity index (χ1n) is 6.63. The van der Waals surface area contributed by atoms with Crippen LogP contribution >= 0.6 is 0 Å². The van der Waals surface area contributed by atoms with Crippen LogP contribution in [-0.2, 0) is 0 Å². The lowest BCUT2D eigenvalue weighted by Gasteiger charge is -2.41. The second kappa shape index (κ2) is 5.31. The summed E-state index contributed by atoms with van der Waals surface area (Å²) in [5.74, 6) is 2.11. The SMILES string of the molecule is CN(C)CCN1CCC2CCCCC2C1. The van der Waals surface area contributed by atoms with Gasteiger partial charge in [0.05, 0.1) is 0 Å². The van der Waals surface area contributed by atoms with Crippen LogP contribution in [0.5, 0.6) is 0 Å². The number of likely N-dealkylation sites (N-methyl/N-ethyl adjacent to an activating group) is 1. The van der Waals surface area contributed by atoms with Gasteiger partial charge in [-0.2, -0.15) is 0 Å². The molecular weight excluding hydrogens is 184 g/mol. The maximum absolute atomic E-state index is 2.69. The molecule has 0 bridgehead atoms. The fraction of sp³-hybridized carbons (Fsp3) is 1.00. The maximum atomic E-state index is 2.69. The molecule has 0 aromatic heterocycles. The predicted octanol–water partition coefficient (Wildman–Crippen LogP) is 2.06. The number of nitrogens with zero attached hydrogens (tertiary/aromatic N) is 2. The summed E-state index contributed by atoms with van der Waals surface area (Å²) >= 11 is 0. The summed E-state index contributed by atoms with van der Waals surface area (Å²) in [6.07, 6.45) is 7.48. The minimum atomic E-state index is 1.04. The van der Waals surface area contributed by atoms with Gasteiger partial charge in [0.2, 0.25) is 0 Å². The van der Waals surface area contributed by atoms with Gasteiger partial charge in [-0.25, -0.2) is 0 Å². The van der Waals surface area contributed by atoms with Crippen molar-refractivity contribution in [3.8, 4) is 0 Å². The van der Waals surface area contributed by atoms with Crippen molar-refractivity contribution in [1.29, 1.82) is 0 Å². The molecule has 2 aliphatic rings. The van der Waals surface area contributed by atoms with Gasteiger partial charge in [0.15, 0.2) is 0 Å². The van der Waals surface area contributed by atoms with Crippen LogP contribution in [-0.4, -0.2) is 50.1 Å². The van der Waals surface area contributed by atoms with Gasteiger partial charge in [0.25, 0.3) is 0 Å². The van der Waals surface area contributed by atoms with Crippen molar-refractivity contribution in [2.45, 2.75) is 32.1 Å². The standard InChI is InChI=1S/C13H26N2/c1-14(2)9-10-15-8-7-12-5-3-4-6-13(12)11-15/h12-13H,3-11H2,1-2H3. The van der Waals surface area contributed by atoms with Gasteiger partial charge in [0, 0.05) is 19.6 Å². The zero-order valence-electron chi connectivity index (χ0n) is 10.4. The molecule has 2 rings (SSSR count). The molecule has 1 saturated carbocycles. The van der Waals surface area contributed by atoms with Gasteiger partial charge in [-0.1, -0.05) is 19.3 Å². The van der Waals surface area contributed by atoms with Crippen LogP contribution in [0.25, 0.3) is 0 Å². The molecule has 2 fully saturated rings. The maximum Gasteiger partial charge on any atom is 0.0109 e. The predicted molar refractivity (Wildman–Crippen MR) is 65.1 cm³/mol. The quantitative estimate of drug-likeness (QED) is 0.703. The average Bonchev–Trinajstić information content (AvgIpc) is 2.26. The monoisotopic (exact) mass is 210 g/mol. The number of piperidine rings is 1. The van der Waals surface area contributed by atoms with Gasteiger partial charge in [0.1, 0.15) is 0 Å². The summed E-state index contributed by atoms with van der Waals surface area (Å²) in [6.45, 7) is 5.24. The van der Waals surface area contributed by atoms with Gasteiger partial charge >= 0.3 is 0 Å². The smallest absolute Gasteiger partial charge is 0.0109 e. The van der Waals surface area contributed by atoms with Crippen LogP contribution in [0, 0.1) is 11.8 Å². The minimum Gasteiger partial charge on any atom is -0.308 e. The molecule has 0 N–H and O–H groups in total. The van der Waals surface area contributed by atoms with E-state index in [-0.39, 0.29) is 0 Å². The molecule has 2 nitrogen and oxygen atoms in total. The molecule has 2 atom stereocenters. The largest absolute Gasteiger partial charge is 0.308 e. The lowest BCUT2D eigenvalue weighted by Crippen LogP contribution is -2.44. The third-order valence-electron chi connectivity index (χ3n) is 4.24. The van der Waals surface area contributed by atoms with E-state index < -0.39 is 0 Å². The Labute approximate surface area is 94.6 Å². The summed E-state index contributed by atoms with van der Waals surface area (Å²) in [4.78, 5) is 4.99. The van der Waals surface area contributed by atoms with Crippen LogP contribution in [0.4, 0.5) is 0 Å². The highest BCUT2D eigenvalue weighted by molar-refractivity contribution is 4.83. The lowest BCUT2D eigenvalue weighted by atomic mass is 9.75. The second-order valence-corrected chi connectivity index (χ2v) is 5.70. The molecule has 2 unspecified atom stereocenters. The summed E-state index contributed by atoms with van der Waals surface area (Å²) in [7, 11) is 4.35. The van der Waals surface area contributed by atoms with Gasteiger partial charge in [-0.05, 0) is 45.3 Å². The van der Waals surface area contributed by atoms with E-state index in [1.54, 1.807) is 0 Å². The van der Waals surface area contributed by atoms with Crippen molar-refractivity contribution < 1.29 is 0 Å². The van der Waals surface area contributed by atoms with Crippen LogP contribution in [0.15, 0.2) is 0 Å². The molecule has 0 aromatic rings. The van der Waals surface area contributed by atoms with E-state index in [0.29, 0.717) is 0 Å². The summed E-state index contributed by atoms with van der Waals surface area (Å²) < 4.78 is 0. The highest BCUT2D eigenvalue weighted by atomic mass is 15.2. The van der Waals surface area contributed by atoms with Crippen molar-refractivity contribution in [2.24, 2.45) is 11.8 Å². The Hall–Kier alpha value is -0.0800. The highest BCUT2D eigenvalue weighted by Crippen LogP contribution is 2.35. The van der Waals surface area contributed by atoms with Crippen molar-refractivity contribution >= 4 is 0 Å². The van der Waals surface area contributed by atoms with E-state index in [0.717, 1.165) is 11.8 Å². The molecular formula is C13H26N2. The van der Waals surface area contributed by atoms with Crippen LogP contribution in [0.2, 0.25) is 0 Å². The first kappa shape index (κ1) is 11.4. The third-order valence-corrected chi connectivity index (χ3v) is 4.24. The zero-order chi connectivity index (χ0) is 10.7. The van der Waals surface area contributed by atoms with E-state index >= 15 is 0 Å². The van der Waals surface area contributed by atoms with Crippen molar-refractivity contribution in [3.05, 3.63) is 0 Å². The molecule has 0 amide bonds. The Bertz CT molecular complexity index is 191. The van der Waals surface area contributed by atoms with Crippen LogP contribution in [0.3, 0.4) is 0 Å². The average molecular weight is 210 g/mol. The third kappa shape index (κ3) is 3.18.